The molecule has 0 amide bonds. The van der Waals surface area contributed by atoms with Gasteiger partial charge in [0.15, 0.2) is 0 Å². The van der Waals surface area contributed by atoms with Gasteiger partial charge >= 0.3 is 0 Å². The lowest BCUT2D eigenvalue weighted by atomic mass is 10.0. The van der Waals surface area contributed by atoms with E-state index in [9.17, 15) is 0 Å². The maximum Gasteiger partial charge on any atom is 0.0457 e. The van der Waals surface area contributed by atoms with Crippen molar-refractivity contribution in [2.75, 3.05) is 0 Å². The highest BCUT2D eigenvalue weighted by molar-refractivity contribution is 5.82. The van der Waals surface area contributed by atoms with Crippen molar-refractivity contribution < 1.29 is 0 Å². The van der Waals surface area contributed by atoms with Crippen molar-refractivity contribution in [2.24, 2.45) is 0 Å². The average Bonchev–Trinajstić information content (AvgIpc) is 2.97. The largest absolute Gasteiger partial charge is 0.361 e. The van der Waals surface area contributed by atoms with Crippen molar-refractivity contribution in [3.8, 4) is 0 Å². The van der Waals surface area contributed by atoms with Crippen LogP contribution < -0.4 is 5.32 Å². The summed E-state index contributed by atoms with van der Waals surface area (Å²) in [4.78, 5) is 3.26. The molecule has 0 aliphatic heterocycles. The first-order valence-electron chi connectivity index (χ1n) is 7.58. The molecule has 0 radical (unpaired) electrons. The SMILES string of the molecule is CC(C)c1ccc(CNCc2cccc3[nH]ccc23)cc1. The zero-order chi connectivity index (χ0) is 14.7. The molecular formula is C19H22N2. The molecule has 21 heavy (non-hydrogen) atoms. The molecule has 0 fully saturated rings. The summed E-state index contributed by atoms with van der Waals surface area (Å²) in [7, 11) is 0. The molecule has 0 bridgehead atoms. The van der Waals surface area contributed by atoms with Crippen LogP contribution in [0.2, 0.25) is 0 Å². The number of H-pyrrole nitrogens is 1. The van der Waals surface area contributed by atoms with E-state index in [1.165, 1.54) is 27.6 Å². The van der Waals surface area contributed by atoms with E-state index in [-0.39, 0.29) is 0 Å². The summed E-state index contributed by atoms with van der Waals surface area (Å²) in [6.07, 6.45) is 2.00. The average molecular weight is 278 g/mol. The smallest absolute Gasteiger partial charge is 0.0457 e. The van der Waals surface area contributed by atoms with Gasteiger partial charge in [0.2, 0.25) is 0 Å². The predicted octanol–water partition coefficient (Wildman–Crippen LogP) is 4.58. The minimum Gasteiger partial charge on any atom is -0.361 e. The van der Waals surface area contributed by atoms with Crippen LogP contribution in [0, 0.1) is 0 Å². The van der Waals surface area contributed by atoms with E-state index < -0.39 is 0 Å². The molecule has 2 nitrogen and oxygen atoms in total. The third kappa shape index (κ3) is 3.17. The lowest BCUT2D eigenvalue weighted by Crippen LogP contribution is -2.12. The number of aromatic amines is 1. The summed E-state index contributed by atoms with van der Waals surface area (Å²) >= 11 is 0. The monoisotopic (exact) mass is 278 g/mol. The van der Waals surface area contributed by atoms with E-state index >= 15 is 0 Å². The van der Waals surface area contributed by atoms with E-state index in [0.717, 1.165) is 13.1 Å². The lowest BCUT2D eigenvalue weighted by Gasteiger charge is -2.09. The Hall–Kier alpha value is -2.06. The van der Waals surface area contributed by atoms with Crippen LogP contribution in [-0.4, -0.2) is 4.98 Å². The number of hydrogen-bond acceptors (Lipinski definition) is 1. The van der Waals surface area contributed by atoms with E-state index in [1.807, 2.05) is 6.20 Å². The second kappa shape index (κ2) is 6.15. The Morgan fingerprint density at radius 1 is 0.952 bits per heavy atom. The number of aromatic nitrogens is 1. The van der Waals surface area contributed by atoms with Gasteiger partial charge in [0.05, 0.1) is 0 Å². The van der Waals surface area contributed by atoms with Crippen molar-refractivity contribution in [1.82, 2.24) is 10.3 Å². The second-order valence-corrected chi connectivity index (χ2v) is 5.86. The normalized spacial score (nSPS) is 11.4. The third-order valence-corrected chi connectivity index (χ3v) is 3.98. The van der Waals surface area contributed by atoms with Gasteiger partial charge in [-0.25, -0.2) is 0 Å². The molecule has 3 aromatic rings. The number of rotatable bonds is 5. The number of hydrogen-bond donors (Lipinski definition) is 2. The van der Waals surface area contributed by atoms with Crippen LogP contribution in [0.4, 0.5) is 0 Å². The van der Waals surface area contributed by atoms with Crippen LogP contribution in [0.5, 0.6) is 0 Å². The fourth-order valence-corrected chi connectivity index (χ4v) is 2.67. The van der Waals surface area contributed by atoms with Crippen LogP contribution in [0.25, 0.3) is 10.9 Å². The molecule has 2 aromatic carbocycles. The predicted molar refractivity (Wildman–Crippen MR) is 89.4 cm³/mol. The summed E-state index contributed by atoms with van der Waals surface area (Å²) in [5, 5.41) is 4.84. The van der Waals surface area contributed by atoms with Gasteiger partial charge in [-0.05, 0) is 34.7 Å². The molecule has 2 N–H and O–H groups in total. The first-order chi connectivity index (χ1) is 10.2. The summed E-state index contributed by atoms with van der Waals surface area (Å²) in [6.45, 7) is 6.25. The Kier molecular flexibility index (Phi) is 4.07. The van der Waals surface area contributed by atoms with Crippen molar-refractivity contribution in [3.05, 3.63) is 71.4 Å². The van der Waals surface area contributed by atoms with Gasteiger partial charge in [-0.1, -0.05) is 50.2 Å². The summed E-state index contributed by atoms with van der Waals surface area (Å²) < 4.78 is 0. The minimum absolute atomic E-state index is 0.596. The lowest BCUT2D eigenvalue weighted by molar-refractivity contribution is 0.696. The highest BCUT2D eigenvalue weighted by atomic mass is 14.8. The number of benzene rings is 2. The molecule has 2 heteroatoms. The molecule has 3 rings (SSSR count). The zero-order valence-electron chi connectivity index (χ0n) is 12.7. The highest BCUT2D eigenvalue weighted by Gasteiger charge is 2.02. The first kappa shape index (κ1) is 13.9. The van der Waals surface area contributed by atoms with Crippen molar-refractivity contribution in [2.45, 2.75) is 32.9 Å². The number of fused-ring (bicyclic) bond motifs is 1. The molecule has 0 unspecified atom stereocenters. The van der Waals surface area contributed by atoms with Crippen LogP contribution in [0.15, 0.2) is 54.7 Å². The molecule has 0 atom stereocenters. The van der Waals surface area contributed by atoms with Crippen molar-refractivity contribution >= 4 is 10.9 Å². The summed E-state index contributed by atoms with van der Waals surface area (Å²) in [5.74, 6) is 0.596. The molecule has 0 aliphatic carbocycles. The summed E-state index contributed by atoms with van der Waals surface area (Å²) in [5.41, 5.74) is 5.28. The van der Waals surface area contributed by atoms with E-state index in [2.05, 4.69) is 72.7 Å². The third-order valence-electron chi connectivity index (χ3n) is 3.98. The maximum absolute atomic E-state index is 3.53. The molecular weight excluding hydrogens is 256 g/mol. The van der Waals surface area contributed by atoms with Gasteiger partial charge in [0, 0.05) is 30.2 Å². The van der Waals surface area contributed by atoms with E-state index in [0.29, 0.717) is 5.92 Å². The standard InChI is InChI=1S/C19H22N2/c1-14(2)16-8-6-15(7-9-16)12-20-13-17-4-3-5-19-18(17)10-11-21-19/h3-11,14,20-21H,12-13H2,1-2H3. The van der Waals surface area contributed by atoms with E-state index in [4.69, 9.17) is 0 Å². The topological polar surface area (TPSA) is 27.8 Å². The Balaban J connectivity index is 1.62. The van der Waals surface area contributed by atoms with Gasteiger partial charge in [-0.3, -0.25) is 0 Å². The van der Waals surface area contributed by atoms with Crippen molar-refractivity contribution in [1.29, 1.82) is 0 Å². The van der Waals surface area contributed by atoms with Crippen LogP contribution in [0.1, 0.15) is 36.5 Å². The quantitative estimate of drug-likeness (QED) is 0.702. The fourth-order valence-electron chi connectivity index (χ4n) is 2.67. The van der Waals surface area contributed by atoms with Crippen LogP contribution in [0.3, 0.4) is 0 Å². The Morgan fingerprint density at radius 2 is 1.76 bits per heavy atom. The minimum atomic E-state index is 0.596. The Bertz CT molecular complexity index is 708. The molecule has 0 spiro atoms. The van der Waals surface area contributed by atoms with Crippen LogP contribution >= 0.6 is 0 Å². The van der Waals surface area contributed by atoms with Gasteiger partial charge in [-0.15, -0.1) is 0 Å². The van der Waals surface area contributed by atoms with Gasteiger partial charge in [0.1, 0.15) is 0 Å². The Labute approximate surface area is 126 Å². The van der Waals surface area contributed by atoms with Crippen LogP contribution in [-0.2, 0) is 13.1 Å². The molecule has 0 saturated heterocycles. The fraction of sp³-hybridized carbons (Fsp3) is 0.263. The maximum atomic E-state index is 3.53. The highest BCUT2D eigenvalue weighted by Crippen LogP contribution is 2.18. The Morgan fingerprint density at radius 3 is 2.52 bits per heavy atom. The van der Waals surface area contributed by atoms with Gasteiger partial charge < -0.3 is 10.3 Å². The van der Waals surface area contributed by atoms with Crippen molar-refractivity contribution in [3.63, 3.8) is 0 Å². The molecule has 0 aliphatic rings. The zero-order valence-corrected chi connectivity index (χ0v) is 12.7. The second-order valence-electron chi connectivity index (χ2n) is 5.86. The van der Waals surface area contributed by atoms with E-state index in [1.54, 1.807) is 0 Å². The first-order valence-corrected chi connectivity index (χ1v) is 7.58. The molecule has 1 aromatic heterocycles. The summed E-state index contributed by atoms with van der Waals surface area (Å²) in [6, 6.07) is 17.5. The molecule has 108 valence electrons. The number of nitrogens with one attached hydrogen (secondary N) is 2. The van der Waals surface area contributed by atoms with Gasteiger partial charge in [0.25, 0.3) is 0 Å². The molecule has 1 heterocycles. The van der Waals surface area contributed by atoms with Gasteiger partial charge in [-0.2, -0.15) is 0 Å². The molecule has 0 saturated carbocycles.